The van der Waals surface area contributed by atoms with E-state index in [1.165, 1.54) is 5.56 Å². The summed E-state index contributed by atoms with van der Waals surface area (Å²) in [6.45, 7) is 3.97. The van der Waals surface area contributed by atoms with Crippen LogP contribution in [0.4, 0.5) is 11.4 Å². The average molecular weight is 254 g/mol. The first kappa shape index (κ1) is 13.2. The second-order valence-corrected chi connectivity index (χ2v) is 4.19. The van der Waals surface area contributed by atoms with Gasteiger partial charge >= 0.3 is 0 Å². The molecule has 0 heterocycles. The van der Waals surface area contributed by atoms with Gasteiger partial charge in [-0.1, -0.05) is 47.6 Å². The van der Waals surface area contributed by atoms with Crippen LogP contribution in [0.25, 0.3) is 0 Å². The molecule has 0 aliphatic rings. The van der Waals surface area contributed by atoms with Crippen molar-refractivity contribution in [2.45, 2.75) is 13.8 Å². The predicted molar refractivity (Wildman–Crippen MR) is 78.8 cm³/mol. The van der Waals surface area contributed by atoms with Gasteiger partial charge in [-0.2, -0.15) is 0 Å². The van der Waals surface area contributed by atoms with E-state index in [9.17, 15) is 0 Å². The number of hydrogen-bond donors (Lipinski definition) is 1. The van der Waals surface area contributed by atoms with E-state index in [1.54, 1.807) is 6.26 Å². The molecule has 0 aliphatic carbocycles. The molecule has 19 heavy (non-hydrogen) atoms. The minimum Gasteiger partial charge on any atom is -0.397 e. The summed E-state index contributed by atoms with van der Waals surface area (Å²) < 4.78 is 0. The summed E-state index contributed by atoms with van der Waals surface area (Å²) in [6.07, 6.45) is 3.43. The third-order valence-corrected chi connectivity index (χ3v) is 2.65. The van der Waals surface area contributed by atoms with E-state index in [4.69, 9.17) is 4.84 Å². The van der Waals surface area contributed by atoms with E-state index in [2.05, 4.69) is 24.6 Å². The third-order valence-electron chi connectivity index (χ3n) is 2.65. The van der Waals surface area contributed by atoms with Crippen LogP contribution in [0.5, 0.6) is 0 Å². The predicted octanol–water partition coefficient (Wildman–Crippen LogP) is 4.10. The van der Waals surface area contributed by atoms with Crippen LogP contribution in [-0.4, -0.2) is 0 Å². The van der Waals surface area contributed by atoms with Crippen molar-refractivity contribution in [3.63, 3.8) is 0 Å². The zero-order valence-electron chi connectivity index (χ0n) is 11.2. The van der Waals surface area contributed by atoms with Crippen LogP contribution in [0.2, 0.25) is 0 Å². The summed E-state index contributed by atoms with van der Waals surface area (Å²) >= 11 is 0. The second kappa shape index (κ2) is 6.61. The monoisotopic (exact) mass is 254 g/mol. The van der Waals surface area contributed by atoms with E-state index in [1.807, 2.05) is 60.5 Å². The standard InChI is InChI=1S/C16H18N2O/c1-3-13-19-17-18(15-7-5-4-6-8-15)16-11-9-14(2)10-12-16/h3-13,17H,1-2H3. The van der Waals surface area contributed by atoms with Gasteiger partial charge in [0.25, 0.3) is 0 Å². The van der Waals surface area contributed by atoms with Gasteiger partial charge in [-0.15, -0.1) is 0 Å². The third kappa shape index (κ3) is 3.60. The van der Waals surface area contributed by atoms with Crippen LogP contribution in [0.1, 0.15) is 12.5 Å². The van der Waals surface area contributed by atoms with Crippen molar-refractivity contribution in [2.75, 3.05) is 5.01 Å². The fourth-order valence-electron chi connectivity index (χ4n) is 1.68. The van der Waals surface area contributed by atoms with Gasteiger partial charge in [0, 0.05) is 0 Å². The maximum absolute atomic E-state index is 5.28. The quantitative estimate of drug-likeness (QED) is 0.642. The van der Waals surface area contributed by atoms with Crippen molar-refractivity contribution in [3.05, 3.63) is 72.5 Å². The highest BCUT2D eigenvalue weighted by Crippen LogP contribution is 2.23. The van der Waals surface area contributed by atoms with Gasteiger partial charge in [-0.3, -0.25) is 0 Å². The Bertz CT molecular complexity index is 520. The highest BCUT2D eigenvalue weighted by molar-refractivity contribution is 5.61. The second-order valence-electron chi connectivity index (χ2n) is 4.19. The van der Waals surface area contributed by atoms with E-state index in [0.717, 1.165) is 11.4 Å². The lowest BCUT2D eigenvalue weighted by molar-refractivity contribution is 0.135. The molecule has 0 amide bonds. The Kier molecular flexibility index (Phi) is 4.59. The first-order valence-electron chi connectivity index (χ1n) is 6.25. The molecule has 3 nitrogen and oxygen atoms in total. The SMILES string of the molecule is CC=CONN(c1ccccc1)c1ccc(C)cc1. The van der Waals surface area contributed by atoms with Gasteiger partial charge in [0.1, 0.15) is 6.26 Å². The average Bonchev–Trinajstić information content (AvgIpc) is 2.46. The van der Waals surface area contributed by atoms with Gasteiger partial charge in [0.2, 0.25) is 0 Å². The molecule has 0 spiro atoms. The maximum atomic E-state index is 5.28. The van der Waals surface area contributed by atoms with Crippen LogP contribution in [0, 0.1) is 6.92 Å². The van der Waals surface area contributed by atoms with Gasteiger partial charge in [0.05, 0.1) is 11.4 Å². The number of para-hydroxylation sites is 1. The molecule has 2 aromatic rings. The molecule has 0 aromatic heterocycles. The molecule has 3 heteroatoms. The zero-order valence-corrected chi connectivity index (χ0v) is 11.2. The van der Waals surface area contributed by atoms with Crippen LogP contribution >= 0.6 is 0 Å². The summed E-state index contributed by atoms with van der Waals surface area (Å²) in [6, 6.07) is 18.3. The number of hydrogen-bond acceptors (Lipinski definition) is 3. The van der Waals surface area contributed by atoms with E-state index in [-0.39, 0.29) is 0 Å². The van der Waals surface area contributed by atoms with E-state index in [0.29, 0.717) is 0 Å². The fourth-order valence-corrected chi connectivity index (χ4v) is 1.68. The number of rotatable bonds is 5. The highest BCUT2D eigenvalue weighted by Gasteiger charge is 2.08. The van der Waals surface area contributed by atoms with Crippen molar-refractivity contribution < 1.29 is 4.84 Å². The molecule has 98 valence electrons. The number of allylic oxidation sites excluding steroid dienone is 1. The van der Waals surface area contributed by atoms with Crippen LogP contribution in [-0.2, 0) is 4.84 Å². The van der Waals surface area contributed by atoms with Gasteiger partial charge in [0.15, 0.2) is 0 Å². The summed E-state index contributed by atoms with van der Waals surface area (Å²) in [5, 5.41) is 1.89. The smallest absolute Gasteiger partial charge is 0.109 e. The van der Waals surface area contributed by atoms with Gasteiger partial charge in [-0.05, 0) is 38.1 Å². The largest absolute Gasteiger partial charge is 0.397 e. The van der Waals surface area contributed by atoms with Crippen molar-refractivity contribution in [3.8, 4) is 0 Å². The van der Waals surface area contributed by atoms with Crippen LogP contribution in [0.3, 0.4) is 0 Å². The molecule has 0 saturated heterocycles. The Morgan fingerprint density at radius 2 is 1.58 bits per heavy atom. The molecular weight excluding hydrogens is 236 g/mol. The normalized spacial score (nSPS) is 10.6. The van der Waals surface area contributed by atoms with E-state index >= 15 is 0 Å². The van der Waals surface area contributed by atoms with Gasteiger partial charge in [-0.25, -0.2) is 5.01 Å². The zero-order chi connectivity index (χ0) is 13.5. The lowest BCUT2D eigenvalue weighted by atomic mass is 10.2. The molecule has 0 aliphatic heterocycles. The van der Waals surface area contributed by atoms with Gasteiger partial charge < -0.3 is 4.84 Å². The first-order chi connectivity index (χ1) is 9.31. The number of nitrogens with zero attached hydrogens (tertiary/aromatic N) is 1. The highest BCUT2D eigenvalue weighted by atomic mass is 16.7. The molecule has 0 fully saturated rings. The molecule has 1 N–H and O–H groups in total. The number of anilines is 2. The van der Waals surface area contributed by atoms with Crippen molar-refractivity contribution in [1.82, 2.24) is 5.59 Å². The number of aryl methyl sites for hydroxylation is 1. The summed E-state index contributed by atoms with van der Waals surface area (Å²) in [5.41, 5.74) is 6.17. The minimum atomic E-state index is 1.01. The first-order valence-corrected chi connectivity index (χ1v) is 6.25. The molecule has 2 rings (SSSR count). The van der Waals surface area contributed by atoms with Crippen molar-refractivity contribution >= 4 is 11.4 Å². The topological polar surface area (TPSA) is 24.5 Å². The maximum Gasteiger partial charge on any atom is 0.109 e. The Balaban J connectivity index is 2.26. The molecule has 0 radical (unpaired) electrons. The summed E-state index contributed by atoms with van der Waals surface area (Å²) in [5.74, 6) is 0. The molecule has 2 aromatic carbocycles. The fraction of sp³-hybridized carbons (Fsp3) is 0.125. The minimum absolute atomic E-state index is 1.01. The number of benzene rings is 2. The van der Waals surface area contributed by atoms with E-state index < -0.39 is 0 Å². The molecule has 0 saturated carbocycles. The lowest BCUT2D eigenvalue weighted by Gasteiger charge is -2.24. The van der Waals surface area contributed by atoms with Crippen LogP contribution in [0.15, 0.2) is 66.9 Å². The summed E-state index contributed by atoms with van der Waals surface area (Å²) in [7, 11) is 0. The van der Waals surface area contributed by atoms with Crippen LogP contribution < -0.4 is 10.6 Å². The Morgan fingerprint density at radius 3 is 2.21 bits per heavy atom. The summed E-state index contributed by atoms with van der Waals surface area (Å²) in [4.78, 5) is 5.28. The number of hydrazine groups is 1. The molecule has 0 unspecified atom stereocenters. The molecular formula is C16H18N2O. The Hall–Kier alpha value is -2.26. The van der Waals surface area contributed by atoms with Crippen molar-refractivity contribution in [1.29, 1.82) is 0 Å². The molecule has 0 atom stereocenters. The molecule has 0 bridgehead atoms. The van der Waals surface area contributed by atoms with Crippen molar-refractivity contribution in [2.24, 2.45) is 0 Å². The Labute approximate surface area is 114 Å². The lowest BCUT2D eigenvalue weighted by Crippen LogP contribution is -2.32. The number of nitrogens with one attached hydrogen (secondary N) is 1. The Morgan fingerprint density at radius 1 is 0.947 bits per heavy atom.